The number of hydrogen-bond donors (Lipinski definition) is 0. The highest BCUT2D eigenvalue weighted by atomic mass is 16.5. The van der Waals surface area contributed by atoms with Gasteiger partial charge in [-0.05, 0) is 54.5 Å². The Morgan fingerprint density at radius 2 is 1.73 bits per heavy atom. The molecule has 0 fully saturated rings. The van der Waals surface area contributed by atoms with E-state index in [9.17, 15) is 4.79 Å². The molecule has 3 nitrogen and oxygen atoms in total. The van der Waals surface area contributed by atoms with E-state index in [-0.39, 0.29) is 5.63 Å². The molecule has 3 heteroatoms. The van der Waals surface area contributed by atoms with Crippen LogP contribution in [0.2, 0.25) is 0 Å². The molecule has 3 rings (SSSR count). The quantitative estimate of drug-likeness (QED) is 0.561. The lowest BCUT2D eigenvalue weighted by Crippen LogP contribution is -2.07. The fourth-order valence-electron chi connectivity index (χ4n) is 3.51. The molecule has 0 saturated carbocycles. The van der Waals surface area contributed by atoms with Crippen LogP contribution in [0, 0.1) is 13.8 Å². The number of benzene rings is 2. The predicted molar refractivity (Wildman–Crippen MR) is 107 cm³/mol. The Balaban J connectivity index is 2.35. The van der Waals surface area contributed by atoms with Crippen molar-refractivity contribution in [2.45, 2.75) is 47.0 Å². The molecule has 3 aromatic rings. The lowest BCUT2D eigenvalue weighted by atomic mass is 9.91. The van der Waals surface area contributed by atoms with Crippen LogP contribution in [0.1, 0.15) is 48.9 Å². The van der Waals surface area contributed by atoms with Gasteiger partial charge in [0.1, 0.15) is 11.3 Å². The summed E-state index contributed by atoms with van der Waals surface area (Å²) in [4.78, 5) is 12.2. The van der Waals surface area contributed by atoms with Crippen LogP contribution in [0.4, 0.5) is 0 Å². The monoisotopic (exact) mass is 350 g/mol. The molecule has 1 aromatic heterocycles. The minimum atomic E-state index is -0.289. The molecule has 0 aliphatic carbocycles. The van der Waals surface area contributed by atoms with Gasteiger partial charge in [-0.25, -0.2) is 4.79 Å². The van der Waals surface area contributed by atoms with Crippen molar-refractivity contribution in [3.63, 3.8) is 0 Å². The summed E-state index contributed by atoms with van der Waals surface area (Å²) in [5.41, 5.74) is 6.44. The molecular formula is C23H26O3. The second-order valence-corrected chi connectivity index (χ2v) is 7.08. The van der Waals surface area contributed by atoms with E-state index < -0.39 is 0 Å². The van der Waals surface area contributed by atoms with E-state index >= 15 is 0 Å². The van der Waals surface area contributed by atoms with Crippen LogP contribution in [-0.4, -0.2) is 7.11 Å². The van der Waals surface area contributed by atoms with Crippen molar-refractivity contribution in [3.05, 3.63) is 63.0 Å². The first kappa shape index (κ1) is 18.2. The van der Waals surface area contributed by atoms with E-state index in [2.05, 4.69) is 45.0 Å². The molecule has 0 amide bonds. The molecule has 0 aliphatic rings. The van der Waals surface area contributed by atoms with Gasteiger partial charge in [0, 0.05) is 11.1 Å². The summed E-state index contributed by atoms with van der Waals surface area (Å²) in [7, 11) is 1.68. The van der Waals surface area contributed by atoms with Gasteiger partial charge in [-0.3, -0.25) is 0 Å². The number of fused-ring (bicyclic) bond motifs is 1. The molecule has 136 valence electrons. The average molecular weight is 350 g/mol. The van der Waals surface area contributed by atoms with Crippen LogP contribution in [-0.2, 0) is 6.42 Å². The summed E-state index contributed by atoms with van der Waals surface area (Å²) in [6, 6.07) is 10.6. The van der Waals surface area contributed by atoms with Gasteiger partial charge in [-0.1, -0.05) is 45.0 Å². The molecule has 0 unspecified atom stereocenters. The van der Waals surface area contributed by atoms with Gasteiger partial charge in [-0.15, -0.1) is 0 Å². The maximum atomic E-state index is 12.2. The van der Waals surface area contributed by atoms with Gasteiger partial charge in [-0.2, -0.15) is 0 Å². The molecule has 0 N–H and O–H groups in total. The molecule has 0 atom stereocenters. The summed E-state index contributed by atoms with van der Waals surface area (Å²) < 4.78 is 11.4. The third-order valence-corrected chi connectivity index (χ3v) is 5.24. The van der Waals surface area contributed by atoms with E-state index in [0.29, 0.717) is 17.1 Å². The number of rotatable bonds is 4. The summed E-state index contributed by atoms with van der Waals surface area (Å²) in [5.74, 6) is 1.29. The third-order valence-electron chi connectivity index (χ3n) is 5.24. The van der Waals surface area contributed by atoms with Crippen molar-refractivity contribution < 1.29 is 9.15 Å². The van der Waals surface area contributed by atoms with Crippen LogP contribution < -0.4 is 10.4 Å². The second kappa shape index (κ2) is 6.99. The van der Waals surface area contributed by atoms with Gasteiger partial charge in [0.25, 0.3) is 0 Å². The van der Waals surface area contributed by atoms with Crippen molar-refractivity contribution in [1.82, 2.24) is 0 Å². The fourth-order valence-corrected chi connectivity index (χ4v) is 3.51. The fraction of sp³-hybridized carbons (Fsp3) is 0.348. The lowest BCUT2D eigenvalue weighted by molar-refractivity contribution is 0.414. The predicted octanol–water partition coefficient (Wildman–Crippen LogP) is 5.77. The Bertz CT molecular complexity index is 1010. The SMILES string of the molecule is CCc1c(-c2ccc(C(C)C)cc2)cc2oc(=O)c(C)c(C)c2c1OC. The van der Waals surface area contributed by atoms with Crippen molar-refractivity contribution >= 4 is 11.0 Å². The van der Waals surface area contributed by atoms with Crippen molar-refractivity contribution in [2.24, 2.45) is 0 Å². The topological polar surface area (TPSA) is 39.4 Å². The van der Waals surface area contributed by atoms with Gasteiger partial charge in [0.2, 0.25) is 0 Å². The van der Waals surface area contributed by atoms with Gasteiger partial charge < -0.3 is 9.15 Å². The Morgan fingerprint density at radius 1 is 1.08 bits per heavy atom. The van der Waals surface area contributed by atoms with Crippen LogP contribution in [0.5, 0.6) is 5.75 Å². The minimum Gasteiger partial charge on any atom is -0.496 e. The van der Waals surface area contributed by atoms with Gasteiger partial charge in [0.05, 0.1) is 12.5 Å². The van der Waals surface area contributed by atoms with Crippen LogP contribution in [0.25, 0.3) is 22.1 Å². The largest absolute Gasteiger partial charge is 0.496 e. The standard InChI is InChI=1S/C23H26O3/c1-7-18-19(17-10-8-16(9-11-17)13(2)3)12-20-21(22(18)25-6)14(4)15(5)23(24)26-20/h8-13H,7H2,1-6H3. The highest BCUT2D eigenvalue weighted by Gasteiger charge is 2.19. The Kier molecular flexibility index (Phi) is 4.90. The Hall–Kier alpha value is -2.55. The van der Waals surface area contributed by atoms with Gasteiger partial charge >= 0.3 is 5.63 Å². The smallest absolute Gasteiger partial charge is 0.339 e. The summed E-state index contributed by atoms with van der Waals surface area (Å²) in [5, 5.41) is 0.893. The minimum absolute atomic E-state index is 0.289. The molecular weight excluding hydrogens is 324 g/mol. The highest BCUT2D eigenvalue weighted by molar-refractivity contribution is 5.94. The molecule has 1 heterocycles. The summed E-state index contributed by atoms with van der Waals surface area (Å²) in [6.45, 7) is 10.2. The van der Waals surface area contributed by atoms with Crippen molar-refractivity contribution in [2.75, 3.05) is 7.11 Å². The molecule has 0 radical (unpaired) electrons. The maximum Gasteiger partial charge on any atom is 0.339 e. The Morgan fingerprint density at radius 3 is 2.27 bits per heavy atom. The number of methoxy groups -OCH3 is 1. The lowest BCUT2D eigenvalue weighted by Gasteiger charge is -2.18. The van der Waals surface area contributed by atoms with E-state index in [1.54, 1.807) is 14.0 Å². The first-order valence-electron chi connectivity index (χ1n) is 9.13. The molecule has 2 aromatic carbocycles. The Labute approximate surface area is 154 Å². The van der Waals surface area contributed by atoms with Gasteiger partial charge in [0.15, 0.2) is 0 Å². The zero-order chi connectivity index (χ0) is 19.0. The summed E-state index contributed by atoms with van der Waals surface area (Å²) >= 11 is 0. The molecule has 0 aliphatic heterocycles. The van der Waals surface area contributed by atoms with Crippen molar-refractivity contribution in [1.29, 1.82) is 0 Å². The first-order valence-corrected chi connectivity index (χ1v) is 9.13. The third kappa shape index (κ3) is 2.92. The molecule has 0 spiro atoms. The molecule has 0 saturated heterocycles. The van der Waals surface area contributed by atoms with E-state index in [1.807, 2.05) is 13.0 Å². The first-order chi connectivity index (χ1) is 12.4. The number of aryl methyl sites for hydroxylation is 1. The van der Waals surface area contributed by atoms with Crippen LogP contribution in [0.3, 0.4) is 0 Å². The second-order valence-electron chi connectivity index (χ2n) is 7.08. The normalized spacial score (nSPS) is 11.3. The maximum absolute atomic E-state index is 12.2. The molecule has 26 heavy (non-hydrogen) atoms. The zero-order valence-corrected chi connectivity index (χ0v) is 16.4. The summed E-state index contributed by atoms with van der Waals surface area (Å²) in [6.07, 6.45) is 0.831. The van der Waals surface area contributed by atoms with E-state index in [4.69, 9.17) is 9.15 Å². The number of ether oxygens (including phenoxy) is 1. The zero-order valence-electron chi connectivity index (χ0n) is 16.4. The van der Waals surface area contributed by atoms with E-state index in [1.165, 1.54) is 5.56 Å². The van der Waals surface area contributed by atoms with Crippen LogP contribution in [0.15, 0.2) is 39.5 Å². The highest BCUT2D eigenvalue weighted by Crippen LogP contribution is 2.40. The van der Waals surface area contributed by atoms with E-state index in [0.717, 1.165) is 39.8 Å². The van der Waals surface area contributed by atoms with Crippen molar-refractivity contribution in [3.8, 4) is 16.9 Å². The van der Waals surface area contributed by atoms with Crippen LogP contribution >= 0.6 is 0 Å². The average Bonchev–Trinajstić information content (AvgIpc) is 2.64. The molecule has 0 bridgehead atoms. The number of hydrogen-bond acceptors (Lipinski definition) is 3.